The van der Waals surface area contributed by atoms with Crippen molar-refractivity contribution in [2.75, 3.05) is 13.7 Å². The first-order chi connectivity index (χ1) is 8.78. The van der Waals surface area contributed by atoms with Crippen molar-refractivity contribution in [1.29, 1.82) is 0 Å². The molecule has 0 spiro atoms. The number of aromatic nitrogens is 1. The number of hydrogen-bond acceptors (Lipinski definition) is 4. The third kappa shape index (κ3) is 4.33. The number of nitrogens with zero attached hydrogens (tertiary/aromatic N) is 1. The normalized spacial score (nSPS) is 14.3. The maximum Gasteiger partial charge on any atom is 0.221 e. The van der Waals surface area contributed by atoms with Crippen molar-refractivity contribution in [2.45, 2.75) is 31.8 Å². The molecule has 1 aliphatic rings. The first-order valence-electron chi connectivity index (χ1n) is 6.27. The molecule has 18 heavy (non-hydrogen) atoms. The molecule has 1 saturated carbocycles. The number of amides is 1. The molecule has 0 saturated heterocycles. The molecule has 1 heterocycles. The van der Waals surface area contributed by atoms with Gasteiger partial charge in [0.15, 0.2) is 0 Å². The minimum absolute atomic E-state index is 0.0685. The van der Waals surface area contributed by atoms with Crippen LogP contribution >= 0.6 is 0 Å². The van der Waals surface area contributed by atoms with Crippen LogP contribution in [-0.2, 0) is 11.3 Å². The van der Waals surface area contributed by atoms with E-state index in [1.807, 2.05) is 6.07 Å². The van der Waals surface area contributed by atoms with Crippen LogP contribution in [-0.4, -0.2) is 30.6 Å². The highest BCUT2D eigenvalue weighted by molar-refractivity contribution is 5.76. The summed E-state index contributed by atoms with van der Waals surface area (Å²) in [5, 5.41) is 6.18. The van der Waals surface area contributed by atoms with Crippen LogP contribution in [0.4, 0.5) is 0 Å². The minimum atomic E-state index is 0.0685. The highest BCUT2D eigenvalue weighted by atomic mass is 16.5. The topological polar surface area (TPSA) is 63.2 Å². The Morgan fingerprint density at radius 3 is 2.94 bits per heavy atom. The SMILES string of the molecule is COc1ccc(CNC(=O)CCNC2CC2)cn1. The molecule has 98 valence electrons. The van der Waals surface area contributed by atoms with Gasteiger partial charge in [0.1, 0.15) is 0 Å². The summed E-state index contributed by atoms with van der Waals surface area (Å²) in [5.41, 5.74) is 0.972. The van der Waals surface area contributed by atoms with Gasteiger partial charge in [0.2, 0.25) is 11.8 Å². The second-order valence-corrected chi connectivity index (χ2v) is 4.46. The maximum absolute atomic E-state index is 11.5. The Bertz CT molecular complexity index is 388. The Morgan fingerprint density at radius 2 is 2.33 bits per heavy atom. The summed E-state index contributed by atoms with van der Waals surface area (Å²) < 4.78 is 4.97. The van der Waals surface area contributed by atoms with E-state index in [0.717, 1.165) is 12.1 Å². The van der Waals surface area contributed by atoms with Crippen molar-refractivity contribution in [1.82, 2.24) is 15.6 Å². The van der Waals surface area contributed by atoms with Gasteiger partial charge in [0.05, 0.1) is 7.11 Å². The molecule has 1 amide bonds. The van der Waals surface area contributed by atoms with Gasteiger partial charge in [0, 0.05) is 37.8 Å². The first kappa shape index (κ1) is 12.8. The van der Waals surface area contributed by atoms with Gasteiger partial charge in [-0.15, -0.1) is 0 Å². The van der Waals surface area contributed by atoms with E-state index in [4.69, 9.17) is 4.74 Å². The predicted molar refractivity (Wildman–Crippen MR) is 68.3 cm³/mol. The Kier molecular flexibility index (Phi) is 4.52. The molecule has 0 aliphatic heterocycles. The van der Waals surface area contributed by atoms with E-state index >= 15 is 0 Å². The number of pyridine rings is 1. The third-order valence-electron chi connectivity index (χ3n) is 2.86. The number of ether oxygens (including phenoxy) is 1. The fraction of sp³-hybridized carbons (Fsp3) is 0.538. The van der Waals surface area contributed by atoms with E-state index in [0.29, 0.717) is 24.9 Å². The summed E-state index contributed by atoms with van der Waals surface area (Å²) in [4.78, 5) is 15.6. The molecule has 0 atom stereocenters. The fourth-order valence-corrected chi connectivity index (χ4v) is 1.60. The van der Waals surface area contributed by atoms with Gasteiger partial charge in [-0.3, -0.25) is 4.79 Å². The van der Waals surface area contributed by atoms with Crippen molar-refractivity contribution in [3.63, 3.8) is 0 Å². The molecule has 1 aromatic rings. The lowest BCUT2D eigenvalue weighted by Crippen LogP contribution is -2.28. The van der Waals surface area contributed by atoms with E-state index < -0.39 is 0 Å². The van der Waals surface area contributed by atoms with E-state index in [9.17, 15) is 4.79 Å². The maximum atomic E-state index is 11.5. The molecule has 1 aromatic heterocycles. The predicted octanol–water partition coefficient (Wildman–Crippen LogP) is 0.848. The summed E-state index contributed by atoms with van der Waals surface area (Å²) in [7, 11) is 1.58. The number of hydrogen-bond donors (Lipinski definition) is 2. The standard InChI is InChI=1S/C13H19N3O2/c1-18-13-5-2-10(9-16-13)8-15-12(17)6-7-14-11-3-4-11/h2,5,9,11,14H,3-4,6-8H2,1H3,(H,15,17). The van der Waals surface area contributed by atoms with Crippen molar-refractivity contribution < 1.29 is 9.53 Å². The zero-order valence-corrected chi connectivity index (χ0v) is 10.6. The summed E-state index contributed by atoms with van der Waals surface area (Å²) in [6.07, 6.45) is 4.74. The molecule has 5 heteroatoms. The Labute approximate surface area is 107 Å². The average molecular weight is 249 g/mol. The smallest absolute Gasteiger partial charge is 0.221 e. The lowest BCUT2D eigenvalue weighted by Gasteiger charge is -2.06. The van der Waals surface area contributed by atoms with Crippen LogP contribution in [0, 0.1) is 0 Å². The van der Waals surface area contributed by atoms with Crippen molar-refractivity contribution >= 4 is 5.91 Å². The summed E-state index contributed by atoms with van der Waals surface area (Å²) >= 11 is 0. The van der Waals surface area contributed by atoms with Gasteiger partial charge in [-0.2, -0.15) is 0 Å². The Hall–Kier alpha value is -1.62. The monoisotopic (exact) mass is 249 g/mol. The largest absolute Gasteiger partial charge is 0.481 e. The quantitative estimate of drug-likeness (QED) is 0.752. The number of nitrogens with one attached hydrogen (secondary N) is 2. The van der Waals surface area contributed by atoms with Gasteiger partial charge >= 0.3 is 0 Å². The van der Waals surface area contributed by atoms with Gasteiger partial charge in [-0.05, 0) is 18.4 Å². The molecule has 0 radical (unpaired) electrons. The number of carbonyl (C=O) groups is 1. The summed E-state index contributed by atoms with van der Waals surface area (Å²) in [6.45, 7) is 1.27. The van der Waals surface area contributed by atoms with E-state index in [1.54, 1.807) is 19.4 Å². The van der Waals surface area contributed by atoms with E-state index in [-0.39, 0.29) is 5.91 Å². The van der Waals surface area contributed by atoms with Crippen LogP contribution in [0.5, 0.6) is 5.88 Å². The molecular weight excluding hydrogens is 230 g/mol. The molecule has 0 unspecified atom stereocenters. The number of carbonyl (C=O) groups excluding carboxylic acids is 1. The van der Waals surface area contributed by atoms with Gasteiger partial charge in [-0.1, -0.05) is 6.07 Å². The number of rotatable bonds is 7. The van der Waals surface area contributed by atoms with Crippen LogP contribution < -0.4 is 15.4 Å². The molecule has 0 bridgehead atoms. The highest BCUT2D eigenvalue weighted by Crippen LogP contribution is 2.18. The molecule has 2 N–H and O–H groups in total. The first-order valence-corrected chi connectivity index (χ1v) is 6.27. The summed E-state index contributed by atoms with van der Waals surface area (Å²) in [6, 6.07) is 4.34. The van der Waals surface area contributed by atoms with Crippen molar-refractivity contribution in [2.24, 2.45) is 0 Å². The van der Waals surface area contributed by atoms with E-state index in [2.05, 4.69) is 15.6 Å². The Balaban J connectivity index is 1.64. The van der Waals surface area contributed by atoms with Crippen LogP contribution in [0.15, 0.2) is 18.3 Å². The highest BCUT2D eigenvalue weighted by Gasteiger charge is 2.19. The molecule has 0 aromatic carbocycles. The zero-order chi connectivity index (χ0) is 12.8. The zero-order valence-electron chi connectivity index (χ0n) is 10.6. The molecule has 1 fully saturated rings. The average Bonchev–Trinajstić information content (AvgIpc) is 3.21. The second-order valence-electron chi connectivity index (χ2n) is 4.46. The van der Waals surface area contributed by atoms with Gasteiger partial charge < -0.3 is 15.4 Å². The minimum Gasteiger partial charge on any atom is -0.481 e. The van der Waals surface area contributed by atoms with Crippen molar-refractivity contribution in [3.05, 3.63) is 23.9 Å². The third-order valence-corrected chi connectivity index (χ3v) is 2.86. The molecule has 2 rings (SSSR count). The molecule has 5 nitrogen and oxygen atoms in total. The van der Waals surface area contributed by atoms with Crippen LogP contribution in [0.25, 0.3) is 0 Å². The van der Waals surface area contributed by atoms with Crippen molar-refractivity contribution in [3.8, 4) is 5.88 Å². The fourth-order valence-electron chi connectivity index (χ4n) is 1.60. The number of methoxy groups -OCH3 is 1. The van der Waals surface area contributed by atoms with Crippen LogP contribution in [0.3, 0.4) is 0 Å². The lowest BCUT2D eigenvalue weighted by molar-refractivity contribution is -0.121. The molecular formula is C13H19N3O2. The van der Waals surface area contributed by atoms with Gasteiger partial charge in [-0.25, -0.2) is 4.98 Å². The summed E-state index contributed by atoms with van der Waals surface area (Å²) in [5.74, 6) is 0.651. The van der Waals surface area contributed by atoms with Crippen LogP contribution in [0.2, 0.25) is 0 Å². The van der Waals surface area contributed by atoms with Crippen LogP contribution in [0.1, 0.15) is 24.8 Å². The second kappa shape index (κ2) is 6.35. The van der Waals surface area contributed by atoms with Gasteiger partial charge in [0.25, 0.3) is 0 Å². The molecule has 1 aliphatic carbocycles. The lowest BCUT2D eigenvalue weighted by atomic mass is 10.3. The van der Waals surface area contributed by atoms with E-state index in [1.165, 1.54) is 12.8 Å². The Morgan fingerprint density at radius 1 is 1.50 bits per heavy atom.